The first-order valence-corrected chi connectivity index (χ1v) is 35.6. The van der Waals surface area contributed by atoms with Gasteiger partial charge in [-0.05, 0) is 118 Å². The molecule has 10 heterocycles. The molecule has 0 spiro atoms. The minimum absolute atomic E-state index is 0.237. The molecule has 534 valence electrons. The maximum absolute atomic E-state index is 14.5. The molecular formula is C82H86N12O10. The number of hydrogen-bond acceptors (Lipinski definition) is 20. The van der Waals surface area contributed by atoms with Gasteiger partial charge in [-0.1, -0.05) is 97.1 Å². The highest BCUT2D eigenvalue weighted by Gasteiger charge is 2.23. The maximum Gasteiger partial charge on any atom is 0.272 e. The zero-order valence-electron chi connectivity index (χ0n) is 58.5. The van der Waals surface area contributed by atoms with Gasteiger partial charge >= 0.3 is 0 Å². The Bertz CT molecular complexity index is 4080. The van der Waals surface area contributed by atoms with E-state index in [4.69, 9.17) is 57.8 Å². The average Bonchev–Trinajstić information content (AvgIpc) is 0.799. The Labute approximate surface area is 605 Å². The standard InChI is InChI=1S/C82H86N12O10/c95-81(93-35-43-101-51-47-97-39-31-91(32-40-98-48-52-102-44-36-93)59-61-13-17-63(18-14-61)67-55-75(69-9-1-5-27-83-69)87-76(56-67)70-10-2-6-28-84-70)73-25-23-65-21-22-66-24-26-74(90-80(66)79(65)89-73)82(96)94-37-45-103-53-49-99-41-33-92(34-42-100-50-54-104-46-38-94)60-62-15-19-64(20-16-62)68-57-77(71-11-3-7-29-85-71)88-78(58-68)72-12-4-8-30-86-72/h1-30,55-58H,31-54,59-60H2. The van der Waals surface area contributed by atoms with Gasteiger partial charge in [-0.25, -0.2) is 19.9 Å². The summed E-state index contributed by atoms with van der Waals surface area (Å²) in [5.74, 6) is -0.562. The molecule has 13 rings (SSSR count). The molecule has 0 radical (unpaired) electrons. The summed E-state index contributed by atoms with van der Waals surface area (Å²) >= 11 is 0. The SMILES string of the molecule is O=C(c1ccc2ccc3ccc(C(=O)N4CCOCCOCCN(Cc5ccc(-c6cc(-c7ccccn7)nc(-c7ccccn7)c6)cc5)CCOCCOCC4)nc3c2n1)N1CCOCCOCCN(Cc2ccc(-c3cc(-c4ccccn4)nc(-c4ccccn4)c3)cc2)CCOCCOCC1. The van der Waals surface area contributed by atoms with E-state index in [0.29, 0.717) is 156 Å². The number of nitrogens with zero attached hydrogens (tertiary/aromatic N) is 12. The van der Waals surface area contributed by atoms with Gasteiger partial charge in [-0.15, -0.1) is 0 Å². The van der Waals surface area contributed by atoms with E-state index in [9.17, 15) is 9.59 Å². The molecule has 3 aromatic carbocycles. The van der Waals surface area contributed by atoms with Crippen LogP contribution in [0.4, 0.5) is 0 Å². The van der Waals surface area contributed by atoms with Crippen molar-refractivity contribution in [2.75, 3.05) is 158 Å². The van der Waals surface area contributed by atoms with Gasteiger partial charge in [0.15, 0.2) is 0 Å². The van der Waals surface area contributed by atoms with Crippen LogP contribution < -0.4 is 0 Å². The Hall–Kier alpha value is -10.1. The maximum atomic E-state index is 14.5. The summed E-state index contributed by atoms with van der Waals surface area (Å²) in [6, 6.07) is 60.0. The lowest BCUT2D eigenvalue weighted by Crippen LogP contribution is -2.37. The fourth-order valence-corrected chi connectivity index (χ4v) is 12.4. The molecule has 22 nitrogen and oxygen atoms in total. The molecular weight excluding hydrogens is 1310 g/mol. The first-order valence-electron chi connectivity index (χ1n) is 35.6. The van der Waals surface area contributed by atoms with Crippen molar-refractivity contribution in [3.8, 4) is 67.8 Å². The van der Waals surface area contributed by atoms with Gasteiger partial charge < -0.3 is 47.7 Å². The Morgan fingerprint density at radius 1 is 0.279 bits per heavy atom. The zero-order chi connectivity index (χ0) is 70.8. The van der Waals surface area contributed by atoms with E-state index < -0.39 is 0 Å². The quantitative estimate of drug-likeness (QED) is 0.104. The van der Waals surface area contributed by atoms with Crippen LogP contribution >= 0.6 is 0 Å². The molecule has 11 aromatic rings. The van der Waals surface area contributed by atoms with Gasteiger partial charge in [-0.2, -0.15) is 0 Å². The fraction of sp³-hybridized carbons (Fsp3) is 0.317. The number of aromatic nitrogens is 8. The Balaban J connectivity index is 0.580. The summed E-state index contributed by atoms with van der Waals surface area (Å²) in [6.07, 6.45) is 7.12. The third-order valence-corrected chi connectivity index (χ3v) is 18.0. The van der Waals surface area contributed by atoms with Gasteiger partial charge in [0.25, 0.3) is 11.8 Å². The van der Waals surface area contributed by atoms with Crippen LogP contribution in [0.2, 0.25) is 0 Å². The number of amides is 2. The number of benzene rings is 3. The first-order chi connectivity index (χ1) is 51.4. The Morgan fingerprint density at radius 2 is 0.558 bits per heavy atom. The zero-order valence-corrected chi connectivity index (χ0v) is 58.5. The molecule has 0 bridgehead atoms. The Kier molecular flexibility index (Phi) is 26.3. The van der Waals surface area contributed by atoms with E-state index in [1.807, 2.05) is 97.1 Å². The van der Waals surface area contributed by atoms with Crippen molar-refractivity contribution >= 4 is 33.6 Å². The highest BCUT2D eigenvalue weighted by molar-refractivity contribution is 6.06. The third kappa shape index (κ3) is 20.4. The molecule has 2 fully saturated rings. The summed E-state index contributed by atoms with van der Waals surface area (Å²) in [5.41, 5.74) is 14.3. The van der Waals surface area contributed by atoms with E-state index in [1.54, 1.807) is 46.7 Å². The van der Waals surface area contributed by atoms with Crippen molar-refractivity contribution in [2.24, 2.45) is 0 Å². The van der Waals surface area contributed by atoms with E-state index in [2.05, 4.69) is 103 Å². The molecule has 0 aliphatic carbocycles. The molecule has 104 heavy (non-hydrogen) atoms. The molecule has 2 saturated heterocycles. The van der Waals surface area contributed by atoms with Gasteiger partial charge in [0, 0.05) is 101 Å². The minimum atomic E-state index is -0.281. The minimum Gasteiger partial charge on any atom is -0.378 e. The van der Waals surface area contributed by atoms with Crippen molar-refractivity contribution in [3.05, 3.63) is 229 Å². The van der Waals surface area contributed by atoms with Gasteiger partial charge in [-0.3, -0.25) is 39.3 Å². The lowest BCUT2D eigenvalue weighted by molar-refractivity contribution is 0.00755. The molecule has 0 atom stereocenters. The van der Waals surface area contributed by atoms with Crippen molar-refractivity contribution in [2.45, 2.75) is 13.1 Å². The second-order valence-electron chi connectivity index (χ2n) is 25.1. The van der Waals surface area contributed by atoms with E-state index >= 15 is 0 Å². The molecule has 22 heteroatoms. The molecule has 8 aromatic heterocycles. The number of ether oxygens (including phenoxy) is 8. The predicted molar refractivity (Wildman–Crippen MR) is 398 cm³/mol. The van der Waals surface area contributed by atoms with Gasteiger partial charge in [0.05, 0.1) is 162 Å². The number of fused-ring (bicyclic) bond motifs is 3. The summed E-state index contributed by atoms with van der Waals surface area (Å²) in [5, 5.41) is 1.55. The lowest BCUT2D eigenvalue weighted by Gasteiger charge is -2.24. The van der Waals surface area contributed by atoms with Crippen LogP contribution in [0, 0.1) is 0 Å². The van der Waals surface area contributed by atoms with Crippen molar-refractivity contribution in [1.82, 2.24) is 59.5 Å². The molecule has 2 aliphatic heterocycles. The van der Waals surface area contributed by atoms with Crippen LogP contribution in [0.15, 0.2) is 207 Å². The number of rotatable bonds is 12. The van der Waals surface area contributed by atoms with Crippen LogP contribution in [-0.4, -0.2) is 229 Å². The third-order valence-electron chi connectivity index (χ3n) is 18.0. The number of carbonyl (C=O) groups is 2. The lowest BCUT2D eigenvalue weighted by atomic mass is 10.0. The number of hydrogen-bond donors (Lipinski definition) is 0. The van der Waals surface area contributed by atoms with Crippen LogP contribution in [0.5, 0.6) is 0 Å². The van der Waals surface area contributed by atoms with Crippen LogP contribution in [-0.2, 0) is 51.0 Å². The van der Waals surface area contributed by atoms with E-state index in [-0.39, 0.29) is 49.6 Å². The molecule has 0 saturated carbocycles. The van der Waals surface area contributed by atoms with Gasteiger partial charge in [0.1, 0.15) is 11.4 Å². The predicted octanol–water partition coefficient (Wildman–Crippen LogP) is 11.2. The monoisotopic (exact) mass is 1400 g/mol. The molecule has 0 unspecified atom stereocenters. The highest BCUT2D eigenvalue weighted by Crippen LogP contribution is 2.32. The summed E-state index contributed by atoms with van der Waals surface area (Å²) < 4.78 is 48.6. The summed E-state index contributed by atoms with van der Waals surface area (Å²) in [4.78, 5) is 75.1. The normalized spacial score (nSPS) is 16.4. The van der Waals surface area contributed by atoms with Crippen molar-refractivity contribution < 1.29 is 47.5 Å². The summed E-state index contributed by atoms with van der Waals surface area (Å²) in [7, 11) is 0. The number of pyridine rings is 8. The fourth-order valence-electron chi connectivity index (χ4n) is 12.4. The van der Waals surface area contributed by atoms with E-state index in [1.165, 1.54) is 0 Å². The van der Waals surface area contributed by atoms with Crippen molar-refractivity contribution in [1.29, 1.82) is 0 Å². The largest absolute Gasteiger partial charge is 0.378 e. The second kappa shape index (κ2) is 37.9. The Morgan fingerprint density at radius 3 is 0.837 bits per heavy atom. The van der Waals surface area contributed by atoms with Crippen LogP contribution in [0.1, 0.15) is 32.1 Å². The average molecular weight is 1400 g/mol. The topological polar surface area (TPSA) is 224 Å². The molecule has 0 N–H and O–H groups in total. The number of carbonyl (C=O) groups excluding carboxylic acids is 2. The van der Waals surface area contributed by atoms with Gasteiger partial charge in [0.2, 0.25) is 0 Å². The highest BCUT2D eigenvalue weighted by atomic mass is 16.5. The molecule has 2 amide bonds. The second-order valence-corrected chi connectivity index (χ2v) is 25.1. The van der Waals surface area contributed by atoms with E-state index in [0.717, 1.165) is 89.7 Å². The smallest absolute Gasteiger partial charge is 0.272 e. The molecule has 2 aliphatic rings. The van der Waals surface area contributed by atoms with Crippen LogP contribution in [0.3, 0.4) is 0 Å². The van der Waals surface area contributed by atoms with Crippen molar-refractivity contribution in [3.63, 3.8) is 0 Å². The first kappa shape index (κ1) is 72.3. The van der Waals surface area contributed by atoms with Crippen LogP contribution in [0.25, 0.3) is 89.6 Å². The summed E-state index contributed by atoms with van der Waals surface area (Å²) in [6.45, 7) is 11.5.